The van der Waals surface area contributed by atoms with E-state index in [1.165, 1.54) is 32.1 Å². The number of aliphatic hydroxyl groups excluding tert-OH is 1. The van der Waals surface area contributed by atoms with E-state index >= 15 is 0 Å². The van der Waals surface area contributed by atoms with Gasteiger partial charge < -0.3 is 5.11 Å². The molecule has 1 nitrogen and oxygen atoms in total. The molecule has 0 unspecified atom stereocenters. The first-order valence-corrected chi connectivity index (χ1v) is 6.63. The van der Waals surface area contributed by atoms with E-state index in [0.717, 1.165) is 18.3 Å². The Morgan fingerprint density at radius 1 is 1.38 bits per heavy atom. The Morgan fingerprint density at radius 2 is 2.12 bits per heavy atom. The van der Waals surface area contributed by atoms with Gasteiger partial charge in [0.25, 0.3) is 0 Å². The van der Waals surface area contributed by atoms with Crippen LogP contribution in [0.1, 0.15) is 52.4 Å². The highest BCUT2D eigenvalue weighted by atomic mass is 16.3. The molecule has 0 aliphatic heterocycles. The van der Waals surface area contributed by atoms with Crippen molar-refractivity contribution >= 4 is 0 Å². The van der Waals surface area contributed by atoms with Crippen molar-refractivity contribution in [3.05, 3.63) is 23.5 Å². The van der Waals surface area contributed by atoms with Crippen LogP contribution in [0.5, 0.6) is 0 Å². The van der Waals surface area contributed by atoms with Crippen LogP contribution >= 0.6 is 0 Å². The molecule has 2 aliphatic rings. The predicted molar refractivity (Wildman–Crippen MR) is 68.3 cm³/mol. The fourth-order valence-corrected chi connectivity index (χ4v) is 3.60. The van der Waals surface area contributed by atoms with Crippen LogP contribution in [-0.4, -0.2) is 5.11 Å². The maximum atomic E-state index is 9.36. The van der Waals surface area contributed by atoms with Gasteiger partial charge in [0, 0.05) is 6.42 Å². The highest BCUT2D eigenvalue weighted by Gasteiger charge is 2.32. The van der Waals surface area contributed by atoms with E-state index in [0.29, 0.717) is 11.7 Å². The van der Waals surface area contributed by atoms with Crippen LogP contribution in [-0.2, 0) is 0 Å². The second-order valence-electron chi connectivity index (χ2n) is 5.85. The zero-order valence-corrected chi connectivity index (χ0v) is 10.6. The molecule has 0 aromatic rings. The van der Waals surface area contributed by atoms with Gasteiger partial charge in [0.1, 0.15) is 0 Å². The van der Waals surface area contributed by atoms with E-state index in [-0.39, 0.29) is 0 Å². The number of hydrogen-bond donors (Lipinski definition) is 1. The van der Waals surface area contributed by atoms with E-state index in [9.17, 15) is 5.11 Å². The lowest BCUT2D eigenvalue weighted by Gasteiger charge is -2.19. The number of fused-ring (bicyclic) bond motifs is 1. The molecule has 0 spiro atoms. The summed E-state index contributed by atoms with van der Waals surface area (Å²) >= 11 is 0. The van der Waals surface area contributed by atoms with E-state index < -0.39 is 0 Å². The lowest BCUT2D eigenvalue weighted by molar-refractivity contribution is 0.333. The Bertz CT molecular complexity index is 313. The quantitative estimate of drug-likeness (QED) is 0.532. The standard InChI is InChI=1S/C15H24O/c1-10-4-6-13(8-12(3)16)9-15-11(2)5-7-14(10)15/h10,13-14,16H,3-9H2,1-2H3/t10-,13+,14-/m0/s1. The van der Waals surface area contributed by atoms with Crippen LogP contribution in [0, 0.1) is 17.8 Å². The summed E-state index contributed by atoms with van der Waals surface area (Å²) in [6.07, 6.45) is 7.26. The summed E-state index contributed by atoms with van der Waals surface area (Å²) in [5.41, 5.74) is 3.35. The molecule has 0 bridgehead atoms. The van der Waals surface area contributed by atoms with Gasteiger partial charge in [-0.15, -0.1) is 0 Å². The van der Waals surface area contributed by atoms with E-state index in [1.54, 1.807) is 11.1 Å². The lowest BCUT2D eigenvalue weighted by atomic mass is 9.86. The van der Waals surface area contributed by atoms with Crippen molar-refractivity contribution in [3.63, 3.8) is 0 Å². The highest BCUT2D eigenvalue weighted by Crippen LogP contribution is 2.45. The molecule has 0 aromatic heterocycles. The van der Waals surface area contributed by atoms with Gasteiger partial charge in [-0.25, -0.2) is 0 Å². The minimum Gasteiger partial charge on any atom is -0.513 e. The van der Waals surface area contributed by atoms with Crippen LogP contribution in [0.2, 0.25) is 0 Å². The Kier molecular flexibility index (Phi) is 3.41. The molecule has 1 fully saturated rings. The number of allylic oxidation sites excluding steroid dienone is 3. The molecule has 1 heteroatoms. The summed E-state index contributed by atoms with van der Waals surface area (Å²) < 4.78 is 0. The summed E-state index contributed by atoms with van der Waals surface area (Å²) in [5.74, 6) is 2.68. The molecular weight excluding hydrogens is 196 g/mol. The summed E-state index contributed by atoms with van der Waals surface area (Å²) in [6, 6.07) is 0. The Labute approximate surface area is 99.3 Å². The van der Waals surface area contributed by atoms with E-state index in [2.05, 4.69) is 20.4 Å². The first kappa shape index (κ1) is 11.8. The molecular formula is C15H24O. The van der Waals surface area contributed by atoms with Crippen LogP contribution in [0.3, 0.4) is 0 Å². The topological polar surface area (TPSA) is 20.2 Å². The summed E-state index contributed by atoms with van der Waals surface area (Å²) in [4.78, 5) is 0. The average Bonchev–Trinajstić information content (AvgIpc) is 2.48. The van der Waals surface area contributed by atoms with Gasteiger partial charge in [0.05, 0.1) is 5.76 Å². The van der Waals surface area contributed by atoms with Crippen LogP contribution in [0.25, 0.3) is 0 Å². The smallest absolute Gasteiger partial charge is 0.0853 e. The summed E-state index contributed by atoms with van der Waals surface area (Å²) in [7, 11) is 0. The molecule has 0 heterocycles. The maximum absolute atomic E-state index is 9.36. The van der Waals surface area contributed by atoms with Gasteiger partial charge in [-0.1, -0.05) is 24.6 Å². The van der Waals surface area contributed by atoms with Crippen molar-refractivity contribution in [2.24, 2.45) is 17.8 Å². The van der Waals surface area contributed by atoms with Gasteiger partial charge in [-0.05, 0) is 56.8 Å². The number of aliphatic hydroxyl groups is 1. The van der Waals surface area contributed by atoms with Gasteiger partial charge in [-0.3, -0.25) is 0 Å². The fraction of sp³-hybridized carbons (Fsp3) is 0.733. The van der Waals surface area contributed by atoms with Gasteiger partial charge in [-0.2, -0.15) is 0 Å². The molecule has 0 saturated heterocycles. The average molecular weight is 220 g/mol. The molecule has 1 N–H and O–H groups in total. The number of rotatable bonds is 2. The van der Waals surface area contributed by atoms with Crippen LogP contribution < -0.4 is 0 Å². The van der Waals surface area contributed by atoms with Crippen molar-refractivity contribution in [3.8, 4) is 0 Å². The van der Waals surface area contributed by atoms with E-state index in [4.69, 9.17) is 0 Å². The Hall–Kier alpha value is -0.720. The van der Waals surface area contributed by atoms with Gasteiger partial charge in [0.2, 0.25) is 0 Å². The largest absolute Gasteiger partial charge is 0.513 e. The second-order valence-corrected chi connectivity index (χ2v) is 5.85. The first-order valence-electron chi connectivity index (χ1n) is 6.63. The van der Waals surface area contributed by atoms with Crippen LogP contribution in [0.15, 0.2) is 23.5 Å². The molecule has 2 aliphatic carbocycles. The molecule has 0 aromatic carbocycles. The minimum atomic E-state index is 0.368. The third-order valence-electron chi connectivity index (χ3n) is 4.58. The third kappa shape index (κ3) is 2.34. The monoisotopic (exact) mass is 220 g/mol. The minimum absolute atomic E-state index is 0.368. The molecule has 2 rings (SSSR count). The van der Waals surface area contributed by atoms with Crippen molar-refractivity contribution in [1.29, 1.82) is 0 Å². The highest BCUT2D eigenvalue weighted by molar-refractivity contribution is 5.23. The summed E-state index contributed by atoms with van der Waals surface area (Å²) in [5, 5.41) is 9.36. The zero-order chi connectivity index (χ0) is 11.7. The Morgan fingerprint density at radius 3 is 2.81 bits per heavy atom. The maximum Gasteiger partial charge on any atom is 0.0853 e. The second kappa shape index (κ2) is 4.65. The summed E-state index contributed by atoms with van der Waals surface area (Å²) in [6.45, 7) is 8.35. The fourth-order valence-electron chi connectivity index (χ4n) is 3.60. The van der Waals surface area contributed by atoms with Crippen molar-refractivity contribution in [1.82, 2.24) is 0 Å². The lowest BCUT2D eigenvalue weighted by Crippen LogP contribution is -2.08. The zero-order valence-electron chi connectivity index (χ0n) is 10.6. The third-order valence-corrected chi connectivity index (χ3v) is 4.58. The normalized spacial score (nSPS) is 34.8. The SMILES string of the molecule is C=C(O)C[C@H]1CC[C@H](C)[C@@H]2CCC(C)=C2C1. The van der Waals surface area contributed by atoms with Crippen molar-refractivity contribution in [2.75, 3.05) is 0 Å². The molecule has 16 heavy (non-hydrogen) atoms. The van der Waals surface area contributed by atoms with Gasteiger partial charge >= 0.3 is 0 Å². The van der Waals surface area contributed by atoms with Crippen molar-refractivity contribution < 1.29 is 5.11 Å². The molecule has 0 amide bonds. The molecule has 1 saturated carbocycles. The van der Waals surface area contributed by atoms with Gasteiger partial charge in [0.15, 0.2) is 0 Å². The Balaban J connectivity index is 2.13. The molecule has 90 valence electrons. The first-order chi connectivity index (χ1) is 7.58. The van der Waals surface area contributed by atoms with Crippen LogP contribution in [0.4, 0.5) is 0 Å². The molecule has 0 radical (unpaired) electrons. The van der Waals surface area contributed by atoms with Crippen molar-refractivity contribution in [2.45, 2.75) is 52.4 Å². The van der Waals surface area contributed by atoms with E-state index in [1.807, 2.05) is 0 Å². The predicted octanol–water partition coefficient (Wildman–Crippen LogP) is 4.61. The molecule has 3 atom stereocenters. The number of hydrogen-bond acceptors (Lipinski definition) is 1.